The minimum absolute atomic E-state index is 0.0961. The first-order chi connectivity index (χ1) is 10.0. The third-order valence-corrected chi connectivity index (χ3v) is 4.39. The highest BCUT2D eigenvalue weighted by molar-refractivity contribution is 6.21. The smallest absolute Gasteiger partial charge is 0.261 e. The lowest BCUT2D eigenvalue weighted by Crippen LogP contribution is -2.46. The number of aliphatic hydroxyl groups is 1. The zero-order valence-electron chi connectivity index (χ0n) is 11.3. The zero-order valence-corrected chi connectivity index (χ0v) is 11.3. The molecule has 1 aliphatic carbocycles. The number of aliphatic hydroxyl groups excluding tert-OH is 1. The van der Waals surface area contributed by atoms with Crippen molar-refractivity contribution in [3.05, 3.63) is 34.9 Å². The van der Waals surface area contributed by atoms with Gasteiger partial charge in [-0.1, -0.05) is 12.8 Å². The summed E-state index contributed by atoms with van der Waals surface area (Å²) in [5, 5.41) is 9.43. The first-order valence-corrected chi connectivity index (χ1v) is 7.02. The van der Waals surface area contributed by atoms with Crippen LogP contribution in [0.1, 0.15) is 46.4 Å². The highest BCUT2D eigenvalue weighted by atomic mass is 19.2. The van der Waals surface area contributed by atoms with Crippen LogP contribution in [0, 0.1) is 17.6 Å². The van der Waals surface area contributed by atoms with Gasteiger partial charge in [-0.05, 0) is 25.0 Å². The molecule has 21 heavy (non-hydrogen) atoms. The summed E-state index contributed by atoms with van der Waals surface area (Å²) in [7, 11) is 0. The van der Waals surface area contributed by atoms with Gasteiger partial charge in [0.25, 0.3) is 11.8 Å². The van der Waals surface area contributed by atoms with Gasteiger partial charge < -0.3 is 5.11 Å². The number of halogens is 2. The summed E-state index contributed by atoms with van der Waals surface area (Å²) in [5.74, 6) is -3.65. The van der Waals surface area contributed by atoms with Gasteiger partial charge in [0.2, 0.25) is 0 Å². The van der Waals surface area contributed by atoms with Crippen LogP contribution in [-0.2, 0) is 0 Å². The molecule has 1 aromatic rings. The number of fused-ring (bicyclic) bond motifs is 1. The van der Waals surface area contributed by atoms with Crippen LogP contribution in [-0.4, -0.2) is 34.5 Å². The molecular weight excluding hydrogens is 280 g/mol. The SMILES string of the molecule is O=C1c2cc(F)c(F)cc2C(=O)N1C1CCCCC1CO. The molecule has 2 unspecified atom stereocenters. The number of rotatable bonds is 2. The molecule has 2 amide bonds. The number of benzene rings is 1. The van der Waals surface area contributed by atoms with Crippen molar-refractivity contribution in [1.29, 1.82) is 0 Å². The second-order valence-corrected chi connectivity index (χ2v) is 5.59. The normalized spacial score (nSPS) is 25.4. The number of nitrogens with zero attached hydrogens (tertiary/aromatic N) is 1. The molecule has 0 bridgehead atoms. The summed E-state index contributed by atoms with van der Waals surface area (Å²) >= 11 is 0. The Morgan fingerprint density at radius 3 is 2.10 bits per heavy atom. The minimum Gasteiger partial charge on any atom is -0.396 e. The lowest BCUT2D eigenvalue weighted by molar-refractivity contribution is 0.0399. The van der Waals surface area contributed by atoms with E-state index in [1.165, 1.54) is 0 Å². The monoisotopic (exact) mass is 295 g/mol. The third kappa shape index (κ3) is 2.14. The van der Waals surface area contributed by atoms with E-state index in [4.69, 9.17) is 0 Å². The summed E-state index contributed by atoms with van der Waals surface area (Å²) in [4.78, 5) is 25.8. The van der Waals surface area contributed by atoms with Crippen LogP contribution in [0.4, 0.5) is 8.78 Å². The van der Waals surface area contributed by atoms with Crippen molar-refractivity contribution in [2.24, 2.45) is 5.92 Å². The summed E-state index contributed by atoms with van der Waals surface area (Å²) in [5.41, 5.74) is -0.192. The molecule has 1 aliphatic heterocycles. The Kier molecular flexibility index (Phi) is 3.49. The molecule has 0 radical (unpaired) electrons. The van der Waals surface area contributed by atoms with E-state index in [1.807, 2.05) is 0 Å². The quantitative estimate of drug-likeness (QED) is 0.850. The van der Waals surface area contributed by atoms with E-state index in [0.717, 1.165) is 36.3 Å². The van der Waals surface area contributed by atoms with Gasteiger partial charge in [-0.15, -0.1) is 0 Å². The molecule has 112 valence electrons. The number of hydrogen-bond acceptors (Lipinski definition) is 3. The predicted octanol–water partition coefficient (Wildman–Crippen LogP) is 2.11. The van der Waals surface area contributed by atoms with E-state index in [0.29, 0.717) is 6.42 Å². The largest absolute Gasteiger partial charge is 0.396 e. The summed E-state index contributed by atoms with van der Waals surface area (Å²) in [6.45, 7) is -0.110. The zero-order chi connectivity index (χ0) is 15.1. The molecule has 0 aromatic heterocycles. The molecule has 1 heterocycles. The van der Waals surface area contributed by atoms with Crippen molar-refractivity contribution in [1.82, 2.24) is 4.90 Å². The Morgan fingerprint density at radius 2 is 1.57 bits per heavy atom. The van der Waals surface area contributed by atoms with Crippen molar-refractivity contribution in [3.63, 3.8) is 0 Å². The molecular formula is C15H15F2NO3. The van der Waals surface area contributed by atoms with Crippen LogP contribution < -0.4 is 0 Å². The summed E-state index contributed by atoms with van der Waals surface area (Å²) in [6.07, 6.45) is 3.14. The molecule has 1 fully saturated rings. The van der Waals surface area contributed by atoms with Crippen molar-refractivity contribution in [3.8, 4) is 0 Å². The van der Waals surface area contributed by atoms with E-state index in [1.54, 1.807) is 0 Å². The minimum atomic E-state index is -1.14. The van der Waals surface area contributed by atoms with Crippen LogP contribution in [0.3, 0.4) is 0 Å². The van der Waals surface area contributed by atoms with E-state index in [9.17, 15) is 23.5 Å². The number of amides is 2. The predicted molar refractivity (Wildman–Crippen MR) is 69.7 cm³/mol. The average molecular weight is 295 g/mol. The summed E-state index contributed by atoms with van der Waals surface area (Å²) in [6, 6.07) is 1.16. The summed E-state index contributed by atoms with van der Waals surface area (Å²) < 4.78 is 26.6. The van der Waals surface area contributed by atoms with E-state index in [-0.39, 0.29) is 23.7 Å². The molecule has 6 heteroatoms. The van der Waals surface area contributed by atoms with E-state index < -0.39 is 29.5 Å². The van der Waals surface area contributed by atoms with Crippen LogP contribution in [0.2, 0.25) is 0 Å². The van der Waals surface area contributed by atoms with E-state index >= 15 is 0 Å². The Morgan fingerprint density at radius 1 is 1.05 bits per heavy atom. The second kappa shape index (κ2) is 5.18. The fraction of sp³-hybridized carbons (Fsp3) is 0.467. The number of carbonyl (C=O) groups excluding carboxylic acids is 2. The van der Waals surface area contributed by atoms with Crippen LogP contribution in [0.15, 0.2) is 12.1 Å². The molecule has 4 nitrogen and oxygen atoms in total. The molecule has 2 aliphatic rings. The fourth-order valence-corrected chi connectivity index (χ4v) is 3.29. The number of carbonyl (C=O) groups is 2. The maximum Gasteiger partial charge on any atom is 0.261 e. The Balaban J connectivity index is 1.99. The molecule has 1 N–H and O–H groups in total. The second-order valence-electron chi connectivity index (χ2n) is 5.59. The first-order valence-electron chi connectivity index (χ1n) is 7.02. The Bertz CT molecular complexity index is 576. The fourth-order valence-electron chi connectivity index (χ4n) is 3.29. The highest BCUT2D eigenvalue weighted by Gasteiger charge is 2.43. The van der Waals surface area contributed by atoms with E-state index in [2.05, 4.69) is 0 Å². The molecule has 0 spiro atoms. The molecule has 2 atom stereocenters. The van der Waals surface area contributed by atoms with Crippen molar-refractivity contribution in [2.75, 3.05) is 6.61 Å². The third-order valence-electron chi connectivity index (χ3n) is 4.39. The molecule has 1 saturated carbocycles. The van der Waals surface area contributed by atoms with Crippen LogP contribution >= 0.6 is 0 Å². The van der Waals surface area contributed by atoms with Gasteiger partial charge in [0.15, 0.2) is 11.6 Å². The number of hydrogen-bond donors (Lipinski definition) is 1. The average Bonchev–Trinajstić information content (AvgIpc) is 2.71. The lowest BCUT2D eigenvalue weighted by atomic mass is 9.84. The van der Waals surface area contributed by atoms with Gasteiger partial charge in [-0.25, -0.2) is 8.78 Å². The maximum absolute atomic E-state index is 13.3. The van der Waals surface area contributed by atoms with Gasteiger partial charge in [-0.2, -0.15) is 0 Å². The Hall–Kier alpha value is -1.82. The first kappa shape index (κ1) is 14.1. The maximum atomic E-state index is 13.3. The van der Waals surface area contributed by atoms with Crippen molar-refractivity contribution >= 4 is 11.8 Å². The van der Waals surface area contributed by atoms with Crippen LogP contribution in [0.5, 0.6) is 0 Å². The Labute approximate surface area is 120 Å². The van der Waals surface area contributed by atoms with Crippen LogP contribution in [0.25, 0.3) is 0 Å². The molecule has 3 rings (SSSR count). The number of imide groups is 1. The topological polar surface area (TPSA) is 57.6 Å². The highest BCUT2D eigenvalue weighted by Crippen LogP contribution is 2.34. The van der Waals surface area contributed by atoms with Gasteiger partial charge in [0, 0.05) is 18.6 Å². The molecule has 0 saturated heterocycles. The van der Waals surface area contributed by atoms with Crippen molar-refractivity contribution in [2.45, 2.75) is 31.7 Å². The molecule has 1 aromatic carbocycles. The van der Waals surface area contributed by atoms with Gasteiger partial charge in [0.1, 0.15) is 0 Å². The van der Waals surface area contributed by atoms with Gasteiger partial charge in [-0.3, -0.25) is 14.5 Å². The van der Waals surface area contributed by atoms with Crippen molar-refractivity contribution < 1.29 is 23.5 Å². The standard InChI is InChI=1S/C15H15F2NO3/c16-11-5-9-10(6-12(11)17)15(21)18(14(9)20)13-4-2-1-3-8(13)7-19/h5-6,8,13,19H,1-4,7H2. The lowest BCUT2D eigenvalue weighted by Gasteiger charge is -2.35. The van der Waals surface area contributed by atoms with Gasteiger partial charge >= 0.3 is 0 Å². The van der Waals surface area contributed by atoms with Gasteiger partial charge in [0.05, 0.1) is 11.1 Å².